The third kappa shape index (κ3) is 1.70. The van der Waals surface area contributed by atoms with E-state index in [0.717, 1.165) is 27.1 Å². The standard InChI is InChI=1S/C16H12OS/c17-15(10-18)16-13-7-3-1-5-11(13)9-12-6-2-4-8-14(12)16/h1-9,18H,10H2. The molecule has 1 nitrogen and oxygen atoms in total. The molecule has 3 aromatic carbocycles. The summed E-state index contributed by atoms with van der Waals surface area (Å²) in [4.78, 5) is 12.2. The van der Waals surface area contributed by atoms with E-state index in [-0.39, 0.29) is 11.5 Å². The first-order valence-electron chi connectivity index (χ1n) is 5.86. The molecule has 0 aromatic heterocycles. The van der Waals surface area contributed by atoms with Crippen molar-refractivity contribution in [3.63, 3.8) is 0 Å². The molecule has 0 bridgehead atoms. The van der Waals surface area contributed by atoms with Crippen LogP contribution in [0.3, 0.4) is 0 Å². The highest BCUT2D eigenvalue weighted by Gasteiger charge is 2.12. The average molecular weight is 252 g/mol. The molecule has 0 fully saturated rings. The molecular weight excluding hydrogens is 240 g/mol. The zero-order chi connectivity index (χ0) is 12.5. The maximum Gasteiger partial charge on any atom is 0.173 e. The van der Waals surface area contributed by atoms with Crippen LogP contribution < -0.4 is 0 Å². The van der Waals surface area contributed by atoms with E-state index >= 15 is 0 Å². The second-order valence-corrected chi connectivity index (χ2v) is 4.59. The number of fused-ring (bicyclic) bond motifs is 2. The maximum atomic E-state index is 12.2. The molecule has 0 unspecified atom stereocenters. The molecular formula is C16H12OS. The molecule has 0 heterocycles. The third-order valence-electron chi connectivity index (χ3n) is 3.19. The number of hydrogen-bond acceptors (Lipinski definition) is 2. The van der Waals surface area contributed by atoms with Crippen LogP contribution in [0.5, 0.6) is 0 Å². The normalized spacial score (nSPS) is 10.9. The SMILES string of the molecule is O=C(CS)c1c2ccccc2cc2ccccc12. The number of benzene rings is 3. The van der Waals surface area contributed by atoms with Crippen LogP contribution in [0.4, 0.5) is 0 Å². The highest BCUT2D eigenvalue weighted by atomic mass is 32.1. The van der Waals surface area contributed by atoms with Crippen LogP contribution in [-0.4, -0.2) is 11.5 Å². The maximum absolute atomic E-state index is 12.2. The van der Waals surface area contributed by atoms with Gasteiger partial charge in [-0.05, 0) is 27.6 Å². The van der Waals surface area contributed by atoms with Crippen molar-refractivity contribution in [1.29, 1.82) is 0 Å². The van der Waals surface area contributed by atoms with Crippen LogP contribution in [0, 0.1) is 0 Å². The highest BCUT2D eigenvalue weighted by molar-refractivity contribution is 7.81. The molecule has 3 rings (SSSR count). The minimum atomic E-state index is 0.0753. The fourth-order valence-electron chi connectivity index (χ4n) is 2.39. The molecule has 2 heteroatoms. The topological polar surface area (TPSA) is 17.1 Å². The van der Waals surface area contributed by atoms with Crippen LogP contribution >= 0.6 is 12.6 Å². The zero-order valence-corrected chi connectivity index (χ0v) is 10.7. The predicted molar refractivity (Wildman–Crippen MR) is 79.6 cm³/mol. The van der Waals surface area contributed by atoms with Gasteiger partial charge in [0, 0.05) is 5.56 Å². The molecule has 88 valence electrons. The Hall–Kier alpha value is -1.80. The van der Waals surface area contributed by atoms with Gasteiger partial charge in [0.25, 0.3) is 0 Å². The lowest BCUT2D eigenvalue weighted by molar-refractivity contribution is 0.102. The Labute approximate surface area is 111 Å². The Bertz CT molecular complexity index is 692. The summed E-state index contributed by atoms with van der Waals surface area (Å²) < 4.78 is 0. The molecule has 0 atom stereocenters. The van der Waals surface area contributed by atoms with Gasteiger partial charge in [0.2, 0.25) is 0 Å². The molecule has 0 saturated carbocycles. The molecule has 0 aliphatic rings. The lowest BCUT2D eigenvalue weighted by Crippen LogP contribution is -2.02. The molecule has 0 saturated heterocycles. The number of rotatable bonds is 2. The summed E-state index contributed by atoms with van der Waals surface area (Å²) >= 11 is 4.13. The number of hydrogen-bond donors (Lipinski definition) is 1. The van der Waals surface area contributed by atoms with Crippen molar-refractivity contribution in [2.24, 2.45) is 0 Å². The van der Waals surface area contributed by atoms with Crippen molar-refractivity contribution < 1.29 is 4.79 Å². The molecule has 0 spiro atoms. The average Bonchev–Trinajstić information content (AvgIpc) is 2.44. The fourth-order valence-corrected chi connectivity index (χ4v) is 2.55. The van der Waals surface area contributed by atoms with Crippen molar-refractivity contribution in [2.45, 2.75) is 0 Å². The first-order chi connectivity index (χ1) is 8.81. The van der Waals surface area contributed by atoms with E-state index in [1.54, 1.807) is 0 Å². The molecule has 0 aliphatic carbocycles. The molecule has 3 aromatic rings. The molecule has 0 aliphatic heterocycles. The van der Waals surface area contributed by atoms with Gasteiger partial charge in [0.15, 0.2) is 5.78 Å². The van der Waals surface area contributed by atoms with Crippen LogP contribution in [-0.2, 0) is 0 Å². The van der Waals surface area contributed by atoms with Crippen molar-refractivity contribution in [1.82, 2.24) is 0 Å². The Morgan fingerprint density at radius 2 is 1.39 bits per heavy atom. The molecule has 0 radical (unpaired) electrons. The summed E-state index contributed by atoms with van der Waals surface area (Å²) in [5, 5.41) is 4.22. The largest absolute Gasteiger partial charge is 0.293 e. The second kappa shape index (κ2) is 4.46. The van der Waals surface area contributed by atoms with Gasteiger partial charge in [-0.1, -0.05) is 48.5 Å². The molecule has 18 heavy (non-hydrogen) atoms. The third-order valence-corrected chi connectivity index (χ3v) is 3.48. The second-order valence-electron chi connectivity index (χ2n) is 4.28. The van der Waals surface area contributed by atoms with Gasteiger partial charge in [-0.3, -0.25) is 4.79 Å². The lowest BCUT2D eigenvalue weighted by atomic mass is 9.95. The Morgan fingerprint density at radius 3 is 1.89 bits per heavy atom. The summed E-state index contributed by atoms with van der Waals surface area (Å²) in [6.45, 7) is 0. The highest BCUT2D eigenvalue weighted by Crippen LogP contribution is 2.28. The quantitative estimate of drug-likeness (QED) is 0.413. The summed E-state index contributed by atoms with van der Waals surface area (Å²) in [6, 6.07) is 18.1. The number of ketones is 1. The summed E-state index contributed by atoms with van der Waals surface area (Å²) in [7, 11) is 0. The van der Waals surface area contributed by atoms with Crippen LogP contribution in [0.15, 0.2) is 54.6 Å². The summed E-state index contributed by atoms with van der Waals surface area (Å²) in [5.41, 5.74) is 0.790. The van der Waals surface area contributed by atoms with E-state index in [1.165, 1.54) is 0 Å². The fraction of sp³-hybridized carbons (Fsp3) is 0.0625. The number of carbonyl (C=O) groups excluding carboxylic acids is 1. The van der Waals surface area contributed by atoms with Crippen molar-refractivity contribution in [3.8, 4) is 0 Å². The lowest BCUT2D eigenvalue weighted by Gasteiger charge is -2.09. The van der Waals surface area contributed by atoms with Crippen LogP contribution in [0.25, 0.3) is 21.5 Å². The van der Waals surface area contributed by atoms with E-state index in [2.05, 4.69) is 18.7 Å². The predicted octanol–water partition coefficient (Wildman–Crippen LogP) is 4.11. The van der Waals surface area contributed by atoms with E-state index in [4.69, 9.17) is 0 Å². The molecule has 0 amide bonds. The summed E-state index contributed by atoms with van der Waals surface area (Å²) in [5.74, 6) is 0.309. The monoisotopic (exact) mass is 252 g/mol. The van der Waals surface area contributed by atoms with Gasteiger partial charge >= 0.3 is 0 Å². The smallest absolute Gasteiger partial charge is 0.173 e. The Morgan fingerprint density at radius 1 is 0.889 bits per heavy atom. The van der Waals surface area contributed by atoms with E-state index in [9.17, 15) is 4.79 Å². The van der Waals surface area contributed by atoms with Gasteiger partial charge in [-0.2, -0.15) is 12.6 Å². The Kier molecular flexibility index (Phi) is 2.80. The van der Waals surface area contributed by atoms with Gasteiger partial charge in [0.1, 0.15) is 0 Å². The first kappa shape index (κ1) is 11.3. The minimum Gasteiger partial charge on any atom is -0.293 e. The van der Waals surface area contributed by atoms with Crippen LogP contribution in [0.1, 0.15) is 10.4 Å². The summed E-state index contributed by atoms with van der Waals surface area (Å²) in [6.07, 6.45) is 0. The van der Waals surface area contributed by atoms with Crippen molar-refractivity contribution in [3.05, 3.63) is 60.2 Å². The minimum absolute atomic E-state index is 0.0753. The van der Waals surface area contributed by atoms with E-state index in [1.807, 2.05) is 48.5 Å². The van der Waals surface area contributed by atoms with Crippen LogP contribution in [0.2, 0.25) is 0 Å². The Balaban J connectivity index is 2.53. The number of thiol groups is 1. The van der Waals surface area contributed by atoms with Gasteiger partial charge in [-0.15, -0.1) is 0 Å². The van der Waals surface area contributed by atoms with Crippen molar-refractivity contribution >= 4 is 40.0 Å². The van der Waals surface area contributed by atoms with E-state index in [0.29, 0.717) is 0 Å². The first-order valence-corrected chi connectivity index (χ1v) is 6.49. The number of carbonyl (C=O) groups is 1. The van der Waals surface area contributed by atoms with Gasteiger partial charge in [0.05, 0.1) is 5.75 Å². The van der Waals surface area contributed by atoms with E-state index < -0.39 is 0 Å². The zero-order valence-electron chi connectivity index (χ0n) is 9.76. The van der Waals surface area contributed by atoms with Crippen molar-refractivity contribution in [2.75, 3.05) is 5.75 Å². The van der Waals surface area contributed by atoms with Gasteiger partial charge in [-0.25, -0.2) is 0 Å². The number of Topliss-reactive ketones (excluding diaryl/α,β-unsaturated/α-hetero) is 1. The van der Waals surface area contributed by atoms with Gasteiger partial charge < -0.3 is 0 Å². The molecule has 0 N–H and O–H groups in total.